The number of halogens is 1. The predicted molar refractivity (Wildman–Crippen MR) is 79.1 cm³/mol. The van der Waals surface area contributed by atoms with E-state index in [0.717, 1.165) is 0 Å². The molecule has 104 valence electrons. The summed E-state index contributed by atoms with van der Waals surface area (Å²) in [5.74, 6) is -1.48. The third-order valence-electron chi connectivity index (χ3n) is 2.36. The van der Waals surface area contributed by atoms with Crippen molar-refractivity contribution in [3.63, 3.8) is 0 Å². The molecule has 0 unspecified atom stereocenters. The average Bonchev–Trinajstić information content (AvgIpc) is 2.86. The van der Waals surface area contributed by atoms with Crippen molar-refractivity contribution >= 4 is 44.8 Å². The molecular weight excluding hydrogens is 346 g/mol. The molecule has 2 rings (SSSR count). The van der Waals surface area contributed by atoms with Crippen LogP contribution in [0.15, 0.2) is 28.1 Å². The Balaban J connectivity index is 2.21. The molecule has 0 aliphatic heterocycles. The number of aromatic nitrogens is 1. The van der Waals surface area contributed by atoms with Gasteiger partial charge in [-0.3, -0.25) is 4.79 Å². The van der Waals surface area contributed by atoms with E-state index in [-0.39, 0.29) is 17.8 Å². The number of nitrogens with zero attached hydrogens (tertiary/aromatic N) is 1. The number of anilines is 1. The molecule has 0 saturated heterocycles. The fourth-order valence-corrected chi connectivity index (χ4v) is 2.64. The van der Waals surface area contributed by atoms with Gasteiger partial charge in [0.05, 0.1) is 5.56 Å². The van der Waals surface area contributed by atoms with Gasteiger partial charge < -0.3 is 16.2 Å². The van der Waals surface area contributed by atoms with E-state index in [2.05, 4.69) is 26.2 Å². The number of amides is 1. The Labute approximate surface area is 126 Å². The largest absolute Gasteiger partial charge is 0.478 e. The van der Waals surface area contributed by atoms with E-state index in [4.69, 9.17) is 10.8 Å². The minimum Gasteiger partial charge on any atom is -0.478 e. The summed E-state index contributed by atoms with van der Waals surface area (Å²) in [5.41, 5.74) is 6.15. The molecular formula is C12H10BrN3O3S. The molecule has 0 radical (unpaired) electrons. The normalized spacial score (nSPS) is 10.3. The van der Waals surface area contributed by atoms with Gasteiger partial charge in [0.2, 0.25) is 0 Å². The van der Waals surface area contributed by atoms with Crippen molar-refractivity contribution in [2.75, 3.05) is 5.32 Å². The highest BCUT2D eigenvalue weighted by Gasteiger charge is 2.12. The van der Waals surface area contributed by atoms with E-state index in [1.54, 1.807) is 11.4 Å². The van der Waals surface area contributed by atoms with Crippen molar-refractivity contribution in [3.05, 3.63) is 44.3 Å². The molecule has 20 heavy (non-hydrogen) atoms. The van der Waals surface area contributed by atoms with Crippen molar-refractivity contribution in [1.82, 2.24) is 4.98 Å². The summed E-state index contributed by atoms with van der Waals surface area (Å²) in [5, 5.41) is 13.8. The summed E-state index contributed by atoms with van der Waals surface area (Å²) >= 11 is 4.50. The molecule has 2 aromatic rings. The number of nitrogens with two attached hydrogens (primary N) is 1. The number of rotatable bonds is 4. The standard InChI is InChI=1S/C12H10BrN3O3S/c13-7-1-6(12(18)19)2-8(3-7)15-11(17)9-5-20-10(4-14)16-9/h1-3,5H,4,14H2,(H,15,17)(H,18,19). The molecule has 0 fully saturated rings. The van der Waals surface area contributed by atoms with Crippen molar-refractivity contribution < 1.29 is 14.7 Å². The lowest BCUT2D eigenvalue weighted by atomic mass is 10.2. The number of hydrogen-bond donors (Lipinski definition) is 3. The Bertz CT molecular complexity index is 672. The van der Waals surface area contributed by atoms with Crippen LogP contribution in [0.2, 0.25) is 0 Å². The molecule has 4 N–H and O–H groups in total. The lowest BCUT2D eigenvalue weighted by Gasteiger charge is -2.05. The van der Waals surface area contributed by atoms with Crippen molar-refractivity contribution in [2.45, 2.75) is 6.54 Å². The number of carboxylic acid groups (broad SMARTS) is 1. The van der Waals surface area contributed by atoms with Gasteiger partial charge in [-0.05, 0) is 18.2 Å². The van der Waals surface area contributed by atoms with Crippen LogP contribution in [0.1, 0.15) is 25.9 Å². The summed E-state index contributed by atoms with van der Waals surface area (Å²) in [6.07, 6.45) is 0. The quantitative estimate of drug-likeness (QED) is 0.780. The number of hydrogen-bond acceptors (Lipinski definition) is 5. The second-order valence-corrected chi connectivity index (χ2v) is 5.68. The van der Waals surface area contributed by atoms with Gasteiger partial charge in [-0.15, -0.1) is 11.3 Å². The molecule has 0 atom stereocenters. The molecule has 0 saturated carbocycles. The summed E-state index contributed by atoms with van der Waals surface area (Å²) in [4.78, 5) is 27.0. The number of carbonyl (C=O) groups is 2. The molecule has 0 aliphatic carbocycles. The molecule has 1 amide bonds. The first-order chi connectivity index (χ1) is 9.49. The molecule has 1 aromatic heterocycles. The van der Waals surface area contributed by atoms with E-state index >= 15 is 0 Å². The third kappa shape index (κ3) is 3.41. The van der Waals surface area contributed by atoms with Gasteiger partial charge >= 0.3 is 5.97 Å². The zero-order chi connectivity index (χ0) is 14.7. The lowest BCUT2D eigenvalue weighted by molar-refractivity contribution is 0.0696. The zero-order valence-corrected chi connectivity index (χ0v) is 12.5. The SMILES string of the molecule is NCc1nc(C(=O)Nc2cc(Br)cc(C(=O)O)c2)cs1. The fraction of sp³-hybridized carbons (Fsp3) is 0.0833. The smallest absolute Gasteiger partial charge is 0.335 e. The average molecular weight is 356 g/mol. The minimum atomic E-state index is -1.07. The fourth-order valence-electron chi connectivity index (χ4n) is 1.49. The maximum atomic E-state index is 12.0. The first-order valence-corrected chi connectivity index (χ1v) is 7.16. The molecule has 6 nitrogen and oxygen atoms in total. The molecule has 8 heteroatoms. The maximum Gasteiger partial charge on any atom is 0.335 e. The van der Waals surface area contributed by atoms with Gasteiger partial charge in [0, 0.05) is 22.1 Å². The highest BCUT2D eigenvalue weighted by Crippen LogP contribution is 2.20. The summed E-state index contributed by atoms with van der Waals surface area (Å²) in [7, 11) is 0. The van der Waals surface area contributed by atoms with Crippen LogP contribution in [0.5, 0.6) is 0 Å². The number of nitrogens with one attached hydrogen (secondary N) is 1. The monoisotopic (exact) mass is 355 g/mol. The van der Waals surface area contributed by atoms with Gasteiger partial charge in [0.1, 0.15) is 10.7 Å². The van der Waals surface area contributed by atoms with Gasteiger partial charge in [-0.1, -0.05) is 15.9 Å². The minimum absolute atomic E-state index is 0.0793. The van der Waals surface area contributed by atoms with Gasteiger partial charge in [0.15, 0.2) is 0 Å². The number of thiazole rings is 1. The number of carbonyl (C=O) groups excluding carboxylic acids is 1. The maximum absolute atomic E-state index is 12.0. The van der Waals surface area contributed by atoms with Crippen molar-refractivity contribution in [3.8, 4) is 0 Å². The van der Waals surface area contributed by atoms with E-state index in [1.165, 1.54) is 23.5 Å². The molecule has 0 bridgehead atoms. The first kappa shape index (κ1) is 14.6. The van der Waals surface area contributed by atoms with Crippen LogP contribution >= 0.6 is 27.3 Å². The Morgan fingerprint density at radius 2 is 2.15 bits per heavy atom. The van der Waals surface area contributed by atoms with E-state index in [0.29, 0.717) is 15.2 Å². The van der Waals surface area contributed by atoms with Gasteiger partial charge in [0.25, 0.3) is 5.91 Å². The van der Waals surface area contributed by atoms with Crippen molar-refractivity contribution in [2.24, 2.45) is 5.73 Å². The van der Waals surface area contributed by atoms with Crippen LogP contribution in [-0.2, 0) is 6.54 Å². The third-order valence-corrected chi connectivity index (χ3v) is 3.69. The summed E-state index contributed by atoms with van der Waals surface area (Å²) < 4.78 is 0.564. The lowest BCUT2D eigenvalue weighted by Crippen LogP contribution is -2.13. The molecule has 0 spiro atoms. The van der Waals surface area contributed by atoms with Gasteiger partial charge in [-0.2, -0.15) is 0 Å². The first-order valence-electron chi connectivity index (χ1n) is 5.49. The molecule has 0 aliphatic rings. The van der Waals surface area contributed by atoms with Crippen LogP contribution in [0.3, 0.4) is 0 Å². The number of aromatic carboxylic acids is 1. The second-order valence-electron chi connectivity index (χ2n) is 3.82. The number of benzene rings is 1. The van der Waals surface area contributed by atoms with Crippen LogP contribution in [0.25, 0.3) is 0 Å². The Hall–Kier alpha value is -1.77. The van der Waals surface area contributed by atoms with E-state index in [9.17, 15) is 9.59 Å². The van der Waals surface area contributed by atoms with Crippen LogP contribution in [0, 0.1) is 0 Å². The summed E-state index contributed by atoms with van der Waals surface area (Å²) in [6, 6.07) is 4.44. The van der Waals surface area contributed by atoms with Crippen molar-refractivity contribution in [1.29, 1.82) is 0 Å². The molecule has 1 aromatic carbocycles. The number of carboxylic acids is 1. The topological polar surface area (TPSA) is 105 Å². The van der Waals surface area contributed by atoms with E-state index < -0.39 is 11.9 Å². The van der Waals surface area contributed by atoms with Crippen LogP contribution < -0.4 is 11.1 Å². The van der Waals surface area contributed by atoms with Crippen LogP contribution in [-0.4, -0.2) is 22.0 Å². The Morgan fingerprint density at radius 1 is 1.40 bits per heavy atom. The Morgan fingerprint density at radius 3 is 2.75 bits per heavy atom. The van der Waals surface area contributed by atoms with Crippen LogP contribution in [0.4, 0.5) is 5.69 Å². The summed E-state index contributed by atoms with van der Waals surface area (Å²) in [6.45, 7) is 0.276. The Kier molecular flexibility index (Phi) is 4.48. The highest BCUT2D eigenvalue weighted by atomic mass is 79.9. The highest BCUT2D eigenvalue weighted by molar-refractivity contribution is 9.10. The predicted octanol–water partition coefficient (Wildman–Crippen LogP) is 2.31. The van der Waals surface area contributed by atoms with Gasteiger partial charge in [-0.25, -0.2) is 9.78 Å². The van der Waals surface area contributed by atoms with E-state index in [1.807, 2.05) is 0 Å². The zero-order valence-electron chi connectivity index (χ0n) is 10.1. The molecule has 1 heterocycles. The second kappa shape index (κ2) is 6.12.